The zero-order valence-electron chi connectivity index (χ0n) is 10.7. The van der Waals surface area contributed by atoms with Crippen molar-refractivity contribution < 1.29 is 12.8 Å². The van der Waals surface area contributed by atoms with Crippen LogP contribution in [0.15, 0.2) is 42.5 Å². The van der Waals surface area contributed by atoms with Crippen molar-refractivity contribution in [1.82, 2.24) is 0 Å². The van der Waals surface area contributed by atoms with E-state index in [2.05, 4.69) is 4.72 Å². The van der Waals surface area contributed by atoms with Gasteiger partial charge in [0.15, 0.2) is 0 Å². The molecule has 0 atom stereocenters. The number of rotatable bonds is 4. The number of anilines is 1. The van der Waals surface area contributed by atoms with Gasteiger partial charge in [0.2, 0.25) is 10.0 Å². The van der Waals surface area contributed by atoms with Gasteiger partial charge in [0.05, 0.1) is 23.1 Å². The van der Waals surface area contributed by atoms with Crippen LogP contribution in [0.25, 0.3) is 0 Å². The summed E-state index contributed by atoms with van der Waals surface area (Å²) in [5.74, 6) is -0.911. The van der Waals surface area contributed by atoms with Gasteiger partial charge in [0.25, 0.3) is 0 Å². The van der Waals surface area contributed by atoms with Crippen LogP contribution in [0.5, 0.6) is 0 Å². The van der Waals surface area contributed by atoms with Gasteiger partial charge in [-0.1, -0.05) is 23.7 Å². The topological polar surface area (TPSA) is 70.0 Å². The molecule has 0 heterocycles. The quantitative estimate of drug-likeness (QED) is 0.938. The normalized spacial score (nSPS) is 10.9. The molecule has 2 aromatic carbocycles. The summed E-state index contributed by atoms with van der Waals surface area (Å²) in [6.07, 6.45) is 0. The predicted octanol–water partition coefficient (Wildman–Crippen LogP) is 3.29. The Labute approximate surface area is 126 Å². The Balaban J connectivity index is 2.16. The maximum absolute atomic E-state index is 13.2. The van der Waals surface area contributed by atoms with Gasteiger partial charge in [-0.3, -0.25) is 4.72 Å². The molecular weight excluding hydrogens is 315 g/mol. The number of hydrogen-bond donors (Lipinski definition) is 1. The highest BCUT2D eigenvalue weighted by molar-refractivity contribution is 7.91. The van der Waals surface area contributed by atoms with Crippen LogP contribution in [-0.4, -0.2) is 8.42 Å². The van der Waals surface area contributed by atoms with Gasteiger partial charge in [-0.05, 0) is 35.9 Å². The largest absolute Gasteiger partial charge is 0.283 e. The monoisotopic (exact) mass is 324 g/mol. The minimum atomic E-state index is -3.70. The molecule has 0 aliphatic carbocycles. The SMILES string of the molecule is N#Cc1ccc(CS(=O)(=O)Nc2cc(F)cc(Cl)c2)cc1. The highest BCUT2D eigenvalue weighted by Crippen LogP contribution is 2.20. The Kier molecular flexibility index (Phi) is 4.46. The molecule has 0 radical (unpaired) electrons. The fourth-order valence-corrected chi connectivity index (χ4v) is 3.13. The van der Waals surface area contributed by atoms with E-state index < -0.39 is 15.8 Å². The fourth-order valence-electron chi connectivity index (χ4n) is 1.72. The van der Waals surface area contributed by atoms with E-state index in [0.717, 1.165) is 12.1 Å². The molecule has 0 unspecified atom stereocenters. The lowest BCUT2D eigenvalue weighted by Gasteiger charge is -2.08. The van der Waals surface area contributed by atoms with Gasteiger partial charge in [-0.2, -0.15) is 5.26 Å². The van der Waals surface area contributed by atoms with Crippen LogP contribution in [0.4, 0.5) is 10.1 Å². The van der Waals surface area contributed by atoms with Crippen molar-refractivity contribution in [3.8, 4) is 6.07 Å². The number of hydrogen-bond acceptors (Lipinski definition) is 3. The molecule has 7 heteroatoms. The standard InChI is InChI=1S/C14H10ClFN2O2S/c15-12-5-13(16)7-14(6-12)18-21(19,20)9-11-3-1-10(8-17)2-4-11/h1-7,18H,9H2. The van der Waals surface area contributed by atoms with Gasteiger partial charge in [-0.15, -0.1) is 0 Å². The highest BCUT2D eigenvalue weighted by Gasteiger charge is 2.13. The van der Waals surface area contributed by atoms with Crippen molar-refractivity contribution in [3.05, 3.63) is 64.4 Å². The highest BCUT2D eigenvalue weighted by atomic mass is 35.5. The van der Waals surface area contributed by atoms with E-state index in [1.165, 1.54) is 18.2 Å². The number of nitrogens with zero attached hydrogens (tertiary/aromatic N) is 1. The summed E-state index contributed by atoms with van der Waals surface area (Å²) in [4.78, 5) is 0. The summed E-state index contributed by atoms with van der Waals surface area (Å²) in [6.45, 7) is 0. The van der Waals surface area contributed by atoms with Gasteiger partial charge in [-0.25, -0.2) is 12.8 Å². The van der Waals surface area contributed by atoms with Crippen molar-refractivity contribution in [2.75, 3.05) is 4.72 Å². The van der Waals surface area contributed by atoms with Crippen LogP contribution in [0, 0.1) is 17.1 Å². The zero-order chi connectivity index (χ0) is 15.5. The second-order valence-corrected chi connectivity index (χ2v) is 6.49. The van der Waals surface area contributed by atoms with Crippen molar-refractivity contribution in [2.24, 2.45) is 0 Å². The molecule has 108 valence electrons. The third kappa shape index (κ3) is 4.45. The molecule has 21 heavy (non-hydrogen) atoms. The van der Waals surface area contributed by atoms with E-state index >= 15 is 0 Å². The van der Waals surface area contributed by atoms with Crippen molar-refractivity contribution in [2.45, 2.75) is 5.75 Å². The maximum Gasteiger partial charge on any atom is 0.236 e. The average Bonchev–Trinajstić information content (AvgIpc) is 2.37. The minimum absolute atomic E-state index is 0.0636. The summed E-state index contributed by atoms with van der Waals surface area (Å²) >= 11 is 5.67. The average molecular weight is 325 g/mol. The van der Waals surface area contributed by atoms with Gasteiger partial charge >= 0.3 is 0 Å². The van der Waals surface area contributed by atoms with Crippen LogP contribution in [0.3, 0.4) is 0 Å². The van der Waals surface area contributed by atoms with Crippen LogP contribution in [-0.2, 0) is 15.8 Å². The summed E-state index contributed by atoms with van der Waals surface area (Å²) < 4.78 is 39.4. The number of benzene rings is 2. The number of nitriles is 1. The van der Waals surface area contributed by atoms with Crippen molar-refractivity contribution in [1.29, 1.82) is 5.26 Å². The van der Waals surface area contributed by atoms with E-state index in [1.54, 1.807) is 12.1 Å². The molecule has 0 saturated heterocycles. The summed E-state index contributed by atoms with van der Waals surface area (Å²) in [7, 11) is -3.70. The summed E-state index contributed by atoms with van der Waals surface area (Å²) in [6, 6.07) is 11.6. The van der Waals surface area contributed by atoms with Crippen LogP contribution in [0.2, 0.25) is 5.02 Å². The molecule has 2 aromatic rings. The Morgan fingerprint density at radius 3 is 2.43 bits per heavy atom. The van der Waals surface area contributed by atoms with E-state index in [0.29, 0.717) is 11.1 Å². The molecule has 0 aliphatic heterocycles. The lowest BCUT2D eigenvalue weighted by atomic mass is 10.2. The Bertz CT molecular complexity index is 778. The van der Waals surface area contributed by atoms with Crippen LogP contribution in [0.1, 0.15) is 11.1 Å². The molecule has 4 nitrogen and oxygen atoms in total. The number of sulfonamides is 1. The van der Waals surface area contributed by atoms with E-state index in [1.807, 2.05) is 6.07 Å². The van der Waals surface area contributed by atoms with Gasteiger partial charge in [0, 0.05) is 5.02 Å². The predicted molar refractivity (Wildman–Crippen MR) is 78.8 cm³/mol. The van der Waals surface area contributed by atoms with Crippen LogP contribution >= 0.6 is 11.6 Å². The van der Waals surface area contributed by atoms with Gasteiger partial charge in [0.1, 0.15) is 5.82 Å². The summed E-state index contributed by atoms with van der Waals surface area (Å²) in [5, 5.41) is 8.78. The molecule has 0 bridgehead atoms. The molecule has 0 saturated carbocycles. The molecule has 0 amide bonds. The smallest absolute Gasteiger partial charge is 0.236 e. The van der Waals surface area contributed by atoms with Crippen molar-refractivity contribution in [3.63, 3.8) is 0 Å². The molecule has 1 N–H and O–H groups in total. The molecule has 0 aromatic heterocycles. The second-order valence-electron chi connectivity index (χ2n) is 4.33. The van der Waals surface area contributed by atoms with Crippen molar-refractivity contribution >= 4 is 27.3 Å². The first-order valence-electron chi connectivity index (χ1n) is 5.83. The molecule has 0 spiro atoms. The fraction of sp³-hybridized carbons (Fsp3) is 0.0714. The maximum atomic E-state index is 13.2. The Morgan fingerprint density at radius 2 is 1.86 bits per heavy atom. The van der Waals surface area contributed by atoms with Crippen LogP contribution < -0.4 is 4.72 Å². The second kappa shape index (κ2) is 6.12. The molecule has 0 fully saturated rings. The Morgan fingerprint density at radius 1 is 1.19 bits per heavy atom. The number of nitrogens with one attached hydrogen (secondary N) is 1. The van der Waals surface area contributed by atoms with E-state index in [9.17, 15) is 12.8 Å². The van der Waals surface area contributed by atoms with E-state index in [4.69, 9.17) is 16.9 Å². The third-order valence-electron chi connectivity index (χ3n) is 2.58. The summed E-state index contributed by atoms with van der Waals surface area (Å²) in [5.41, 5.74) is 1.03. The lowest BCUT2D eigenvalue weighted by Crippen LogP contribution is -2.15. The first-order chi connectivity index (χ1) is 9.88. The Hall–Kier alpha value is -2.10. The minimum Gasteiger partial charge on any atom is -0.283 e. The number of halogens is 2. The van der Waals surface area contributed by atoms with Gasteiger partial charge < -0.3 is 0 Å². The zero-order valence-corrected chi connectivity index (χ0v) is 12.2. The molecule has 0 aliphatic rings. The lowest BCUT2D eigenvalue weighted by molar-refractivity contribution is 0.600. The molecular formula is C14H10ClFN2O2S. The van der Waals surface area contributed by atoms with E-state index in [-0.39, 0.29) is 16.5 Å². The third-order valence-corrected chi connectivity index (χ3v) is 4.05. The molecule has 2 rings (SSSR count). The first-order valence-corrected chi connectivity index (χ1v) is 7.86. The first kappa shape index (κ1) is 15.3.